The number of furan rings is 1. The van der Waals surface area contributed by atoms with Crippen LogP contribution in [0.25, 0.3) is 0 Å². The molecule has 1 aliphatic rings. The Hall–Kier alpha value is -4.23. The van der Waals surface area contributed by atoms with Crippen molar-refractivity contribution in [3.63, 3.8) is 0 Å². The first-order valence-corrected chi connectivity index (χ1v) is 12.7. The number of aliphatic hydroxyl groups is 1. The van der Waals surface area contributed by atoms with Crippen LogP contribution in [0.15, 0.2) is 89.3 Å². The minimum absolute atomic E-state index is 0.0390. The number of halogens is 1. The van der Waals surface area contributed by atoms with Crippen LogP contribution in [0, 0.1) is 5.82 Å². The van der Waals surface area contributed by atoms with Crippen LogP contribution in [0.4, 0.5) is 10.1 Å². The highest BCUT2D eigenvalue weighted by molar-refractivity contribution is 6.02. The van der Waals surface area contributed by atoms with Gasteiger partial charge in [-0.25, -0.2) is 4.39 Å². The molecule has 0 saturated carbocycles. The fraction of sp³-hybridized carbons (Fsp3) is 0.226. The van der Waals surface area contributed by atoms with Gasteiger partial charge in [-0.15, -0.1) is 0 Å². The molecule has 0 radical (unpaired) electrons. The van der Waals surface area contributed by atoms with E-state index in [9.17, 15) is 14.0 Å². The summed E-state index contributed by atoms with van der Waals surface area (Å²) in [6.45, 7) is 1.12. The van der Waals surface area contributed by atoms with Gasteiger partial charge < -0.3 is 19.7 Å². The largest absolute Gasteiger partial charge is 0.453 e. The first kappa shape index (κ1) is 25.4. The van der Waals surface area contributed by atoms with E-state index >= 15 is 0 Å². The lowest BCUT2D eigenvalue weighted by Crippen LogP contribution is -2.37. The zero-order chi connectivity index (χ0) is 26.5. The van der Waals surface area contributed by atoms with E-state index in [-0.39, 0.29) is 30.0 Å². The van der Waals surface area contributed by atoms with Gasteiger partial charge in [0.05, 0.1) is 0 Å². The smallest absolute Gasteiger partial charge is 0.291 e. The predicted octanol–water partition coefficient (Wildman–Crippen LogP) is 5.77. The first-order valence-electron chi connectivity index (χ1n) is 12.7. The van der Waals surface area contributed by atoms with Crippen molar-refractivity contribution in [2.75, 3.05) is 18.4 Å². The van der Waals surface area contributed by atoms with E-state index in [1.807, 2.05) is 53.4 Å². The highest BCUT2D eigenvalue weighted by atomic mass is 19.1. The molecule has 5 rings (SSSR count). The van der Waals surface area contributed by atoms with Crippen LogP contribution >= 0.6 is 0 Å². The summed E-state index contributed by atoms with van der Waals surface area (Å²) in [5.41, 5.74) is 4.62. The number of nitrogens with one attached hydrogen (secondary N) is 1. The van der Waals surface area contributed by atoms with Crippen LogP contribution in [0.3, 0.4) is 0 Å². The second kappa shape index (κ2) is 11.4. The van der Waals surface area contributed by atoms with Crippen LogP contribution in [-0.2, 0) is 13.0 Å². The number of amides is 2. The normalized spacial score (nSPS) is 13.9. The minimum Gasteiger partial charge on any atom is -0.453 e. The highest BCUT2D eigenvalue weighted by Crippen LogP contribution is 2.30. The molecule has 4 aromatic rings. The van der Waals surface area contributed by atoms with E-state index in [1.54, 1.807) is 18.2 Å². The number of anilines is 1. The van der Waals surface area contributed by atoms with Crippen molar-refractivity contribution in [2.24, 2.45) is 0 Å². The van der Waals surface area contributed by atoms with E-state index in [1.165, 1.54) is 23.8 Å². The van der Waals surface area contributed by atoms with E-state index in [2.05, 4.69) is 5.32 Å². The third-order valence-corrected chi connectivity index (χ3v) is 6.99. The second-order valence-electron chi connectivity index (χ2n) is 9.57. The average Bonchev–Trinajstić information content (AvgIpc) is 3.45. The molecule has 38 heavy (non-hydrogen) atoms. The molecule has 7 heteroatoms. The topological polar surface area (TPSA) is 82.8 Å². The van der Waals surface area contributed by atoms with Gasteiger partial charge in [-0.1, -0.05) is 36.4 Å². The maximum atomic E-state index is 13.1. The van der Waals surface area contributed by atoms with Crippen molar-refractivity contribution in [1.29, 1.82) is 0 Å². The van der Waals surface area contributed by atoms with Crippen LogP contribution < -0.4 is 5.32 Å². The van der Waals surface area contributed by atoms with Gasteiger partial charge in [0, 0.05) is 24.3 Å². The third kappa shape index (κ3) is 6.01. The molecule has 2 N–H and O–H groups in total. The fourth-order valence-electron chi connectivity index (χ4n) is 4.82. The molecule has 1 aliphatic heterocycles. The van der Waals surface area contributed by atoms with Gasteiger partial charge >= 0.3 is 0 Å². The summed E-state index contributed by atoms with van der Waals surface area (Å²) in [7, 11) is 0. The molecular formula is C31H29FN2O4. The number of hydrogen-bond donors (Lipinski definition) is 2. The maximum Gasteiger partial charge on any atom is 0.291 e. The van der Waals surface area contributed by atoms with Crippen molar-refractivity contribution in [3.8, 4) is 0 Å². The summed E-state index contributed by atoms with van der Waals surface area (Å²) in [5.74, 6) is 0.263. The monoisotopic (exact) mass is 512 g/mol. The molecule has 0 aliphatic carbocycles. The van der Waals surface area contributed by atoms with Gasteiger partial charge in [-0.3, -0.25) is 9.59 Å². The van der Waals surface area contributed by atoms with Gasteiger partial charge in [-0.2, -0.15) is 0 Å². The molecular weight excluding hydrogens is 483 g/mol. The molecule has 3 aromatic carbocycles. The second-order valence-corrected chi connectivity index (χ2v) is 9.57. The average molecular weight is 513 g/mol. The Labute approximate surface area is 220 Å². The Balaban J connectivity index is 1.12. The van der Waals surface area contributed by atoms with Crippen molar-refractivity contribution in [3.05, 3.63) is 125 Å². The Bertz CT molecular complexity index is 1390. The van der Waals surface area contributed by atoms with Crippen molar-refractivity contribution in [1.82, 2.24) is 4.90 Å². The van der Waals surface area contributed by atoms with E-state index < -0.39 is 0 Å². The molecule has 6 nitrogen and oxygen atoms in total. The molecule has 2 heterocycles. The lowest BCUT2D eigenvalue weighted by molar-refractivity contribution is 0.0713. The van der Waals surface area contributed by atoms with E-state index in [0.717, 1.165) is 24.0 Å². The quantitative estimate of drug-likeness (QED) is 0.329. The number of benzene rings is 3. The Morgan fingerprint density at radius 2 is 1.50 bits per heavy atom. The van der Waals surface area contributed by atoms with Crippen LogP contribution in [-0.4, -0.2) is 34.9 Å². The summed E-state index contributed by atoms with van der Waals surface area (Å²) in [6.07, 6.45) is 2.43. The maximum absolute atomic E-state index is 13.1. The number of hydrogen-bond acceptors (Lipinski definition) is 4. The molecule has 1 saturated heterocycles. The zero-order valence-corrected chi connectivity index (χ0v) is 20.9. The van der Waals surface area contributed by atoms with Gasteiger partial charge in [0.15, 0.2) is 5.76 Å². The lowest BCUT2D eigenvalue weighted by Gasteiger charge is -2.32. The van der Waals surface area contributed by atoms with Crippen LogP contribution in [0.1, 0.15) is 62.1 Å². The van der Waals surface area contributed by atoms with E-state index in [4.69, 9.17) is 9.52 Å². The molecule has 2 amide bonds. The van der Waals surface area contributed by atoms with Gasteiger partial charge in [0.25, 0.3) is 11.8 Å². The lowest BCUT2D eigenvalue weighted by atomic mass is 9.89. The Morgan fingerprint density at radius 3 is 2.11 bits per heavy atom. The number of carbonyl (C=O) groups excluding carboxylic acids is 2. The van der Waals surface area contributed by atoms with Crippen molar-refractivity contribution >= 4 is 17.5 Å². The molecule has 0 atom stereocenters. The standard InChI is InChI=1S/C31H29FN2O4/c32-26-9-3-22(4-10-26)19-21-1-5-25(6-2-21)31(37)34-17-15-24(16-18-34)23-7-11-27(12-8-23)33-30(36)29-14-13-28(20-35)38-29/h1-14,24,35H,15-20H2,(H,33,36). The number of likely N-dealkylation sites (tertiary alicyclic amines) is 1. The SMILES string of the molecule is O=C(Nc1ccc(C2CCN(C(=O)c3ccc(Cc4ccc(F)cc4)cc3)CC2)cc1)c1ccc(CO)o1. The number of aliphatic hydroxyl groups excluding tert-OH is 1. The minimum atomic E-state index is -0.368. The van der Waals surface area contributed by atoms with Gasteiger partial charge in [-0.05, 0) is 90.4 Å². The Kier molecular flexibility index (Phi) is 7.65. The van der Waals surface area contributed by atoms with Crippen LogP contribution in [0.5, 0.6) is 0 Å². The van der Waals surface area contributed by atoms with E-state index in [0.29, 0.717) is 42.4 Å². The highest BCUT2D eigenvalue weighted by Gasteiger charge is 2.24. The van der Waals surface area contributed by atoms with Gasteiger partial charge in [0.1, 0.15) is 18.2 Å². The Morgan fingerprint density at radius 1 is 0.868 bits per heavy atom. The van der Waals surface area contributed by atoms with Crippen molar-refractivity contribution < 1.29 is 23.5 Å². The fourth-order valence-corrected chi connectivity index (χ4v) is 4.82. The summed E-state index contributed by atoms with van der Waals surface area (Å²) < 4.78 is 18.4. The van der Waals surface area contributed by atoms with Crippen molar-refractivity contribution in [2.45, 2.75) is 31.8 Å². The number of rotatable bonds is 7. The number of carbonyl (C=O) groups is 2. The molecule has 194 valence electrons. The molecule has 0 unspecified atom stereocenters. The van der Waals surface area contributed by atoms with Gasteiger partial charge in [0.2, 0.25) is 0 Å². The zero-order valence-electron chi connectivity index (χ0n) is 20.9. The molecule has 0 spiro atoms. The molecule has 1 fully saturated rings. The number of piperidine rings is 1. The summed E-state index contributed by atoms with van der Waals surface area (Å²) in [6, 6.07) is 25.0. The molecule has 0 bridgehead atoms. The predicted molar refractivity (Wildman–Crippen MR) is 143 cm³/mol. The third-order valence-electron chi connectivity index (χ3n) is 6.99. The summed E-state index contributed by atoms with van der Waals surface area (Å²) in [5, 5.41) is 11.9. The summed E-state index contributed by atoms with van der Waals surface area (Å²) in [4.78, 5) is 27.3. The van der Waals surface area contributed by atoms with Crippen LogP contribution in [0.2, 0.25) is 0 Å². The first-order chi connectivity index (χ1) is 18.5. The summed E-state index contributed by atoms with van der Waals surface area (Å²) >= 11 is 0. The molecule has 1 aromatic heterocycles. The number of nitrogens with zero attached hydrogens (tertiary/aromatic N) is 1.